The van der Waals surface area contributed by atoms with Crippen LogP contribution in [-0.4, -0.2) is 38.1 Å². The normalized spacial score (nSPS) is 31.1. The van der Waals surface area contributed by atoms with Crippen molar-refractivity contribution in [1.82, 2.24) is 0 Å². The topological polar surface area (TPSA) is 34.3 Å². The summed E-state index contributed by atoms with van der Waals surface area (Å²) in [4.78, 5) is 0. The lowest BCUT2D eigenvalue weighted by atomic mass is 10.0. The number of hydrogen-bond donors (Lipinski definition) is 0. The highest BCUT2D eigenvalue weighted by Gasteiger charge is 2.40. The second-order valence-electron chi connectivity index (χ2n) is 5.60. The summed E-state index contributed by atoms with van der Waals surface area (Å²) in [5.74, 6) is 0. The van der Waals surface area contributed by atoms with E-state index in [2.05, 4.69) is 13.3 Å². The lowest BCUT2D eigenvalue weighted by molar-refractivity contribution is 0.113. The third-order valence-electron chi connectivity index (χ3n) is 3.71. The molecule has 1 aliphatic carbocycles. The van der Waals surface area contributed by atoms with Crippen LogP contribution in [-0.2, 0) is 14.2 Å². The molecule has 3 heteroatoms. The Bertz CT molecular complexity index is 218. The predicted molar refractivity (Wildman–Crippen MR) is 75.8 cm³/mol. The highest BCUT2D eigenvalue weighted by Crippen LogP contribution is 2.35. The number of rotatable bonds is 8. The Morgan fingerprint density at radius 1 is 1.21 bits per heavy atom. The molecule has 3 nitrogen and oxygen atoms in total. The van der Waals surface area contributed by atoms with Crippen LogP contribution in [0.5, 0.6) is 0 Å². The number of fused-ring (bicyclic) bond motifs is 1. The van der Waals surface area contributed by atoms with E-state index >= 15 is 0 Å². The molecule has 2 saturated heterocycles. The number of ether oxygens (including phenoxy) is 3. The molecule has 0 aromatic rings. The second-order valence-corrected chi connectivity index (χ2v) is 5.60. The van der Waals surface area contributed by atoms with Gasteiger partial charge in [0.15, 0.2) is 0 Å². The van der Waals surface area contributed by atoms with Gasteiger partial charge in [-0.3, -0.25) is 0 Å². The van der Waals surface area contributed by atoms with E-state index in [9.17, 15) is 0 Å². The fourth-order valence-electron chi connectivity index (χ4n) is 2.31. The minimum atomic E-state index is 0.421. The zero-order valence-electron chi connectivity index (χ0n) is 12.0. The Morgan fingerprint density at radius 3 is 2.68 bits per heavy atom. The molecule has 3 unspecified atom stereocenters. The van der Waals surface area contributed by atoms with Gasteiger partial charge in [0.25, 0.3) is 0 Å². The van der Waals surface area contributed by atoms with Gasteiger partial charge >= 0.3 is 0 Å². The van der Waals surface area contributed by atoms with Crippen LogP contribution in [0.1, 0.15) is 51.4 Å². The van der Waals surface area contributed by atoms with E-state index in [4.69, 9.17) is 14.2 Å². The quantitative estimate of drug-likeness (QED) is 0.500. The predicted octanol–water partition coefficient (Wildman–Crippen LogP) is 3.33. The van der Waals surface area contributed by atoms with E-state index in [-0.39, 0.29) is 0 Å². The van der Waals surface area contributed by atoms with Gasteiger partial charge in [-0.2, -0.15) is 0 Å². The number of unbranched alkanes of at least 4 members (excludes halogenated alkanes) is 4. The van der Waals surface area contributed by atoms with E-state index in [1.165, 1.54) is 44.9 Å². The molecule has 2 aliphatic heterocycles. The summed E-state index contributed by atoms with van der Waals surface area (Å²) in [6.07, 6.45) is 14.0. The first-order valence-corrected chi connectivity index (χ1v) is 7.87. The zero-order valence-corrected chi connectivity index (χ0v) is 12.0. The van der Waals surface area contributed by atoms with Crippen LogP contribution >= 0.6 is 0 Å². The van der Waals surface area contributed by atoms with E-state index in [1.807, 2.05) is 0 Å². The van der Waals surface area contributed by atoms with Crippen molar-refractivity contribution >= 4 is 0 Å². The maximum Gasteiger partial charge on any atom is 0.104 e. The van der Waals surface area contributed by atoms with Crippen LogP contribution in [0.15, 0.2) is 0 Å². The summed E-state index contributed by atoms with van der Waals surface area (Å²) in [6.45, 7) is 6.41. The summed E-state index contributed by atoms with van der Waals surface area (Å²) >= 11 is 0. The first-order chi connectivity index (χ1) is 9.40. The number of epoxide rings is 2. The third kappa shape index (κ3) is 7.28. The van der Waals surface area contributed by atoms with Crippen molar-refractivity contribution < 1.29 is 14.2 Å². The van der Waals surface area contributed by atoms with Crippen molar-refractivity contribution in [1.29, 1.82) is 0 Å². The molecule has 19 heavy (non-hydrogen) atoms. The van der Waals surface area contributed by atoms with Gasteiger partial charge in [-0.25, -0.2) is 0 Å². The molecular weight excluding hydrogens is 240 g/mol. The van der Waals surface area contributed by atoms with Gasteiger partial charge < -0.3 is 14.2 Å². The fraction of sp³-hybridized carbons (Fsp3) is 0.875. The largest absolute Gasteiger partial charge is 0.379 e. The first-order valence-electron chi connectivity index (χ1n) is 7.87. The maximum atomic E-state index is 5.40. The molecule has 0 aromatic carbocycles. The third-order valence-corrected chi connectivity index (χ3v) is 3.71. The molecule has 0 N–H and O–H groups in total. The molecule has 110 valence electrons. The van der Waals surface area contributed by atoms with Crippen molar-refractivity contribution in [2.24, 2.45) is 0 Å². The van der Waals surface area contributed by atoms with Crippen LogP contribution in [0.2, 0.25) is 0 Å². The summed E-state index contributed by atoms with van der Waals surface area (Å²) in [5, 5.41) is 0. The molecule has 3 atom stereocenters. The lowest BCUT2D eigenvalue weighted by Crippen LogP contribution is -2.02. The Morgan fingerprint density at radius 2 is 2.05 bits per heavy atom. The van der Waals surface area contributed by atoms with Gasteiger partial charge in [0, 0.05) is 6.61 Å². The standard InChI is InChI=1S/C10H19O2.C6H9O/c1-2-3-4-5-6-7-11-8-10-9-12-10;1-2-4-6-5(3-1)7-6/h10H,1-9H2;3,5-6H,1-2,4H2. The van der Waals surface area contributed by atoms with Gasteiger partial charge in [-0.1, -0.05) is 39.0 Å². The highest BCUT2D eigenvalue weighted by molar-refractivity contribution is 4.99. The average molecular weight is 268 g/mol. The van der Waals surface area contributed by atoms with Crippen LogP contribution in [0.4, 0.5) is 0 Å². The summed E-state index contributed by atoms with van der Waals surface area (Å²) in [5.41, 5.74) is 0. The van der Waals surface area contributed by atoms with E-state index in [0.29, 0.717) is 18.3 Å². The Labute approximate surface area is 118 Å². The van der Waals surface area contributed by atoms with Crippen molar-refractivity contribution in [3.63, 3.8) is 0 Å². The summed E-state index contributed by atoms with van der Waals surface area (Å²) in [6, 6.07) is 0. The van der Waals surface area contributed by atoms with Crippen molar-refractivity contribution in [2.45, 2.75) is 69.7 Å². The van der Waals surface area contributed by atoms with Gasteiger partial charge in [-0.15, -0.1) is 0 Å². The zero-order chi connectivity index (χ0) is 13.3. The van der Waals surface area contributed by atoms with E-state index in [0.717, 1.165) is 26.2 Å². The van der Waals surface area contributed by atoms with Gasteiger partial charge in [0.2, 0.25) is 0 Å². The molecule has 3 aliphatic rings. The van der Waals surface area contributed by atoms with E-state index < -0.39 is 0 Å². The van der Waals surface area contributed by atoms with Crippen molar-refractivity contribution in [2.75, 3.05) is 19.8 Å². The SMILES string of the molecule is [CH2]CCCCCCOCC1CO1.[CH]1CCCC2OC12. The second kappa shape index (κ2) is 8.93. The molecule has 3 rings (SSSR count). The monoisotopic (exact) mass is 268 g/mol. The average Bonchev–Trinajstić information content (AvgIpc) is 3.32. The molecule has 2 radical (unpaired) electrons. The van der Waals surface area contributed by atoms with Gasteiger partial charge in [0.1, 0.15) is 6.10 Å². The van der Waals surface area contributed by atoms with Crippen LogP contribution < -0.4 is 0 Å². The van der Waals surface area contributed by atoms with E-state index in [1.54, 1.807) is 0 Å². The van der Waals surface area contributed by atoms with Gasteiger partial charge in [-0.05, 0) is 25.7 Å². The minimum absolute atomic E-state index is 0.421. The molecule has 0 bridgehead atoms. The lowest BCUT2D eigenvalue weighted by Gasteiger charge is -2.01. The highest BCUT2D eigenvalue weighted by atomic mass is 16.6. The molecule has 3 fully saturated rings. The Balaban J connectivity index is 0.000000159. The molecule has 0 spiro atoms. The van der Waals surface area contributed by atoms with Crippen LogP contribution in [0.25, 0.3) is 0 Å². The molecule has 1 saturated carbocycles. The maximum absolute atomic E-state index is 5.40. The fourth-order valence-corrected chi connectivity index (χ4v) is 2.31. The molecule has 0 amide bonds. The number of hydrogen-bond acceptors (Lipinski definition) is 3. The molecular formula is C16H28O3. The first kappa shape index (κ1) is 15.3. The summed E-state index contributed by atoms with van der Waals surface area (Å²) in [7, 11) is 0. The van der Waals surface area contributed by atoms with Crippen molar-refractivity contribution in [3.05, 3.63) is 13.3 Å². The van der Waals surface area contributed by atoms with Crippen LogP contribution in [0, 0.1) is 13.3 Å². The molecule has 0 aromatic heterocycles. The Kier molecular flexibility index (Phi) is 7.18. The summed E-state index contributed by atoms with van der Waals surface area (Å²) < 4.78 is 15.6. The molecule has 2 heterocycles. The van der Waals surface area contributed by atoms with Crippen molar-refractivity contribution in [3.8, 4) is 0 Å². The minimum Gasteiger partial charge on any atom is -0.379 e. The Hall–Kier alpha value is -0.120. The van der Waals surface area contributed by atoms with Gasteiger partial charge in [0.05, 0.1) is 25.4 Å². The smallest absolute Gasteiger partial charge is 0.104 e. The van der Waals surface area contributed by atoms with Crippen LogP contribution in [0.3, 0.4) is 0 Å².